The summed E-state index contributed by atoms with van der Waals surface area (Å²) in [5.41, 5.74) is 0.912. The Morgan fingerprint density at radius 1 is 1.30 bits per heavy atom. The van der Waals surface area contributed by atoms with E-state index in [1.807, 2.05) is 6.07 Å². The molecule has 1 aliphatic carbocycles. The van der Waals surface area contributed by atoms with Crippen molar-refractivity contribution in [1.82, 2.24) is 5.32 Å². The maximum atomic E-state index is 11.9. The van der Waals surface area contributed by atoms with Gasteiger partial charge in [0, 0.05) is 16.5 Å². The molecule has 0 aliphatic heterocycles. The van der Waals surface area contributed by atoms with Crippen LogP contribution in [0.2, 0.25) is 10.0 Å². The van der Waals surface area contributed by atoms with Crippen LogP contribution in [-0.2, 0) is 11.2 Å². The van der Waals surface area contributed by atoms with E-state index in [4.69, 9.17) is 23.2 Å². The molecule has 0 aromatic heterocycles. The van der Waals surface area contributed by atoms with Crippen molar-refractivity contribution in [3.8, 4) is 0 Å². The molecule has 2 unspecified atom stereocenters. The Bertz CT molecular complexity index is 479. The molecule has 2 atom stereocenters. The van der Waals surface area contributed by atoms with Crippen LogP contribution in [0.4, 0.5) is 0 Å². The average molecular weight is 316 g/mol. The normalized spacial score (nSPS) is 22.6. The standard InChI is InChI=1S/C15H19Cl2NO2/c16-11-7-5-10(12(17)9-11)6-8-15(20)18-13-3-1-2-4-14(13)19/h5,7,9,13-14,19H,1-4,6,8H2,(H,18,20). The van der Waals surface area contributed by atoms with Crippen LogP contribution in [0.15, 0.2) is 18.2 Å². The zero-order chi connectivity index (χ0) is 14.5. The minimum atomic E-state index is -0.410. The molecule has 0 spiro atoms. The lowest BCUT2D eigenvalue weighted by atomic mass is 9.92. The second-order valence-corrected chi connectivity index (χ2v) is 6.11. The number of aliphatic hydroxyl groups is 1. The first kappa shape index (κ1) is 15.6. The molecule has 0 radical (unpaired) electrons. The van der Waals surface area contributed by atoms with E-state index >= 15 is 0 Å². The van der Waals surface area contributed by atoms with Crippen LogP contribution in [0.1, 0.15) is 37.7 Å². The number of benzene rings is 1. The number of hydrogen-bond acceptors (Lipinski definition) is 2. The van der Waals surface area contributed by atoms with E-state index in [2.05, 4.69) is 5.32 Å². The molecule has 1 amide bonds. The zero-order valence-electron chi connectivity index (χ0n) is 11.2. The molecule has 20 heavy (non-hydrogen) atoms. The van der Waals surface area contributed by atoms with Crippen LogP contribution >= 0.6 is 23.2 Å². The number of aryl methyl sites for hydroxylation is 1. The van der Waals surface area contributed by atoms with Crippen molar-refractivity contribution in [2.75, 3.05) is 0 Å². The van der Waals surface area contributed by atoms with Crippen LogP contribution in [0.5, 0.6) is 0 Å². The van der Waals surface area contributed by atoms with Crippen molar-refractivity contribution in [3.05, 3.63) is 33.8 Å². The van der Waals surface area contributed by atoms with Crippen LogP contribution in [0.3, 0.4) is 0 Å². The van der Waals surface area contributed by atoms with E-state index in [1.54, 1.807) is 12.1 Å². The van der Waals surface area contributed by atoms with Gasteiger partial charge in [0.05, 0.1) is 12.1 Å². The van der Waals surface area contributed by atoms with Crippen molar-refractivity contribution in [1.29, 1.82) is 0 Å². The van der Waals surface area contributed by atoms with Gasteiger partial charge in [-0.05, 0) is 37.0 Å². The Balaban J connectivity index is 1.82. The maximum absolute atomic E-state index is 11.9. The second-order valence-electron chi connectivity index (χ2n) is 5.26. The zero-order valence-corrected chi connectivity index (χ0v) is 12.8. The molecular weight excluding hydrogens is 297 g/mol. The number of amides is 1. The van der Waals surface area contributed by atoms with Crippen molar-refractivity contribution in [2.24, 2.45) is 0 Å². The number of carbonyl (C=O) groups is 1. The Labute approximate surface area is 129 Å². The Morgan fingerprint density at radius 3 is 2.75 bits per heavy atom. The Hall–Kier alpha value is -0.770. The average Bonchev–Trinajstić information content (AvgIpc) is 2.40. The summed E-state index contributed by atoms with van der Waals surface area (Å²) in [7, 11) is 0. The van der Waals surface area contributed by atoms with E-state index in [0.717, 1.165) is 31.2 Å². The molecule has 1 aromatic carbocycles. The van der Waals surface area contributed by atoms with Crippen molar-refractivity contribution < 1.29 is 9.90 Å². The lowest BCUT2D eigenvalue weighted by Crippen LogP contribution is -2.45. The van der Waals surface area contributed by atoms with Gasteiger partial charge in [-0.2, -0.15) is 0 Å². The summed E-state index contributed by atoms with van der Waals surface area (Å²) in [6.07, 6.45) is 4.25. The number of rotatable bonds is 4. The van der Waals surface area contributed by atoms with Gasteiger partial charge in [-0.15, -0.1) is 0 Å². The lowest BCUT2D eigenvalue weighted by Gasteiger charge is -2.28. The highest BCUT2D eigenvalue weighted by Crippen LogP contribution is 2.22. The first-order valence-electron chi connectivity index (χ1n) is 6.97. The largest absolute Gasteiger partial charge is 0.391 e. The molecular formula is C15H19Cl2NO2. The van der Waals surface area contributed by atoms with E-state index < -0.39 is 6.10 Å². The number of hydrogen-bond donors (Lipinski definition) is 2. The van der Waals surface area contributed by atoms with Crippen LogP contribution in [-0.4, -0.2) is 23.2 Å². The van der Waals surface area contributed by atoms with Gasteiger partial charge in [0.2, 0.25) is 5.91 Å². The molecule has 0 heterocycles. The summed E-state index contributed by atoms with van der Waals surface area (Å²) < 4.78 is 0. The molecule has 3 nitrogen and oxygen atoms in total. The van der Waals surface area contributed by atoms with Gasteiger partial charge >= 0.3 is 0 Å². The molecule has 110 valence electrons. The summed E-state index contributed by atoms with van der Waals surface area (Å²) in [5.74, 6) is -0.0398. The Morgan fingerprint density at radius 2 is 2.05 bits per heavy atom. The molecule has 1 aromatic rings. The third-order valence-corrected chi connectivity index (χ3v) is 4.30. The number of halogens is 2. The number of carbonyl (C=O) groups excluding carboxylic acids is 1. The van der Waals surface area contributed by atoms with Gasteiger partial charge < -0.3 is 10.4 Å². The molecule has 1 saturated carbocycles. The van der Waals surface area contributed by atoms with Gasteiger partial charge in [-0.1, -0.05) is 42.1 Å². The SMILES string of the molecule is O=C(CCc1ccc(Cl)cc1Cl)NC1CCCCC1O. The third-order valence-electron chi connectivity index (χ3n) is 3.71. The first-order valence-corrected chi connectivity index (χ1v) is 7.73. The smallest absolute Gasteiger partial charge is 0.220 e. The molecule has 0 bridgehead atoms. The van der Waals surface area contributed by atoms with E-state index in [0.29, 0.717) is 22.9 Å². The second kappa shape index (κ2) is 7.30. The minimum Gasteiger partial charge on any atom is -0.391 e. The van der Waals surface area contributed by atoms with Crippen molar-refractivity contribution in [3.63, 3.8) is 0 Å². The fraction of sp³-hybridized carbons (Fsp3) is 0.533. The summed E-state index contributed by atoms with van der Waals surface area (Å²) >= 11 is 11.9. The summed E-state index contributed by atoms with van der Waals surface area (Å²) in [4.78, 5) is 11.9. The topological polar surface area (TPSA) is 49.3 Å². The predicted molar refractivity (Wildman–Crippen MR) is 81.2 cm³/mol. The van der Waals surface area contributed by atoms with E-state index in [1.165, 1.54) is 0 Å². The molecule has 2 rings (SSSR count). The van der Waals surface area contributed by atoms with Crippen LogP contribution in [0, 0.1) is 0 Å². The Kier molecular flexibility index (Phi) is 5.70. The van der Waals surface area contributed by atoms with Gasteiger partial charge in [0.25, 0.3) is 0 Å². The fourth-order valence-electron chi connectivity index (χ4n) is 2.53. The highest BCUT2D eigenvalue weighted by atomic mass is 35.5. The van der Waals surface area contributed by atoms with Crippen LogP contribution < -0.4 is 5.32 Å². The predicted octanol–water partition coefficient (Wildman–Crippen LogP) is 3.35. The third kappa shape index (κ3) is 4.37. The number of nitrogens with one attached hydrogen (secondary N) is 1. The van der Waals surface area contributed by atoms with Gasteiger partial charge in [-0.25, -0.2) is 0 Å². The van der Waals surface area contributed by atoms with E-state index in [-0.39, 0.29) is 11.9 Å². The number of aliphatic hydroxyl groups excluding tert-OH is 1. The van der Waals surface area contributed by atoms with Gasteiger partial charge in [0.15, 0.2) is 0 Å². The molecule has 1 fully saturated rings. The maximum Gasteiger partial charge on any atom is 0.220 e. The lowest BCUT2D eigenvalue weighted by molar-refractivity contribution is -0.123. The molecule has 2 N–H and O–H groups in total. The van der Waals surface area contributed by atoms with E-state index in [9.17, 15) is 9.90 Å². The highest BCUT2D eigenvalue weighted by Gasteiger charge is 2.24. The molecule has 1 aliphatic rings. The molecule has 0 saturated heterocycles. The molecule has 5 heteroatoms. The van der Waals surface area contributed by atoms with Gasteiger partial charge in [-0.3, -0.25) is 4.79 Å². The minimum absolute atomic E-state index is 0.0398. The van der Waals surface area contributed by atoms with Gasteiger partial charge in [0.1, 0.15) is 0 Å². The first-order chi connectivity index (χ1) is 9.56. The summed E-state index contributed by atoms with van der Waals surface area (Å²) in [6.45, 7) is 0. The monoisotopic (exact) mass is 315 g/mol. The highest BCUT2D eigenvalue weighted by molar-refractivity contribution is 6.35. The summed E-state index contributed by atoms with van der Waals surface area (Å²) in [6, 6.07) is 5.19. The van der Waals surface area contributed by atoms with Crippen LogP contribution in [0.25, 0.3) is 0 Å². The van der Waals surface area contributed by atoms with Crippen molar-refractivity contribution >= 4 is 29.1 Å². The van der Waals surface area contributed by atoms with Crippen molar-refractivity contribution in [2.45, 2.75) is 50.7 Å². The summed E-state index contributed by atoms with van der Waals surface area (Å²) in [5, 5.41) is 13.9. The fourth-order valence-corrected chi connectivity index (χ4v) is 3.03. The quantitative estimate of drug-likeness (QED) is 0.895.